The monoisotopic (exact) mass is 342 g/mol. The van der Waals surface area contributed by atoms with Crippen LogP contribution in [0.3, 0.4) is 0 Å². The average Bonchev–Trinajstić information content (AvgIpc) is 2.94. The highest BCUT2D eigenvalue weighted by atomic mass is 19.4. The van der Waals surface area contributed by atoms with Crippen LogP contribution in [0, 0.1) is 5.41 Å². The van der Waals surface area contributed by atoms with E-state index in [2.05, 4.69) is 9.97 Å². The Bertz CT molecular complexity index is 634. The van der Waals surface area contributed by atoms with Gasteiger partial charge in [0.15, 0.2) is 0 Å². The minimum atomic E-state index is -4.50. The van der Waals surface area contributed by atoms with E-state index in [0.717, 1.165) is 31.6 Å². The third-order valence-electron chi connectivity index (χ3n) is 4.96. The molecule has 1 atom stereocenters. The Morgan fingerprint density at radius 2 is 2.00 bits per heavy atom. The number of aromatic nitrogens is 2. The van der Waals surface area contributed by atoms with E-state index in [-0.39, 0.29) is 17.9 Å². The highest BCUT2D eigenvalue weighted by Crippen LogP contribution is 2.41. The minimum absolute atomic E-state index is 0.0520. The fourth-order valence-corrected chi connectivity index (χ4v) is 3.67. The highest BCUT2D eigenvalue weighted by Gasteiger charge is 2.49. The molecule has 2 aliphatic rings. The summed E-state index contributed by atoms with van der Waals surface area (Å²) in [5.74, 6) is 0.161. The zero-order valence-corrected chi connectivity index (χ0v) is 13.8. The summed E-state index contributed by atoms with van der Waals surface area (Å²) >= 11 is 0. The lowest BCUT2D eigenvalue weighted by Crippen LogP contribution is -2.52. The molecule has 1 amide bonds. The number of halogens is 3. The van der Waals surface area contributed by atoms with Crippen molar-refractivity contribution in [2.45, 2.75) is 45.3 Å². The Hall–Kier alpha value is -1.86. The van der Waals surface area contributed by atoms with Gasteiger partial charge in [-0.2, -0.15) is 13.2 Å². The SMILES string of the molecule is CC(C)N1CCC[C@@]2(CCN(c3nccc(C(F)(F)F)n3)C2)C1=O. The van der Waals surface area contributed by atoms with E-state index in [1.807, 2.05) is 18.7 Å². The molecule has 3 heterocycles. The lowest BCUT2D eigenvalue weighted by Gasteiger charge is -2.41. The first kappa shape index (κ1) is 17.0. The molecule has 0 aromatic carbocycles. The summed E-state index contributed by atoms with van der Waals surface area (Å²) in [5.41, 5.74) is -1.47. The van der Waals surface area contributed by atoms with Gasteiger partial charge in [-0.25, -0.2) is 9.97 Å². The number of anilines is 1. The Morgan fingerprint density at radius 3 is 2.67 bits per heavy atom. The van der Waals surface area contributed by atoms with Gasteiger partial charge in [-0.1, -0.05) is 0 Å². The number of carbonyl (C=O) groups is 1. The minimum Gasteiger partial charge on any atom is -0.340 e. The molecule has 0 radical (unpaired) electrons. The Labute approximate surface area is 138 Å². The van der Waals surface area contributed by atoms with Gasteiger partial charge in [0.2, 0.25) is 11.9 Å². The second-order valence-corrected chi connectivity index (χ2v) is 6.89. The van der Waals surface area contributed by atoms with Gasteiger partial charge in [0.25, 0.3) is 0 Å². The normalized spacial score (nSPS) is 25.2. The maximum absolute atomic E-state index is 12.9. The number of amides is 1. The fourth-order valence-electron chi connectivity index (χ4n) is 3.67. The molecule has 2 fully saturated rings. The predicted molar refractivity (Wildman–Crippen MR) is 82.4 cm³/mol. The van der Waals surface area contributed by atoms with Crippen molar-refractivity contribution < 1.29 is 18.0 Å². The topological polar surface area (TPSA) is 49.3 Å². The van der Waals surface area contributed by atoms with Crippen LogP contribution < -0.4 is 4.90 Å². The summed E-state index contributed by atoms with van der Waals surface area (Å²) in [6.45, 7) is 5.60. The van der Waals surface area contributed by atoms with Crippen LogP contribution in [0.15, 0.2) is 12.3 Å². The lowest BCUT2D eigenvalue weighted by molar-refractivity contribution is -0.147. The molecule has 1 aromatic heterocycles. The van der Waals surface area contributed by atoms with E-state index >= 15 is 0 Å². The quantitative estimate of drug-likeness (QED) is 0.829. The molecule has 0 bridgehead atoms. The molecule has 1 spiro atoms. The summed E-state index contributed by atoms with van der Waals surface area (Å²) in [6.07, 6.45) is -1.05. The number of carbonyl (C=O) groups excluding carboxylic acids is 1. The molecule has 8 heteroatoms. The predicted octanol–water partition coefficient (Wildman–Crippen LogP) is 2.72. The van der Waals surface area contributed by atoms with E-state index in [1.54, 1.807) is 4.90 Å². The van der Waals surface area contributed by atoms with Gasteiger partial charge >= 0.3 is 6.18 Å². The highest BCUT2D eigenvalue weighted by molar-refractivity contribution is 5.85. The van der Waals surface area contributed by atoms with Crippen LogP contribution in [0.2, 0.25) is 0 Å². The number of hydrogen-bond donors (Lipinski definition) is 0. The van der Waals surface area contributed by atoms with Crippen molar-refractivity contribution in [2.24, 2.45) is 5.41 Å². The van der Waals surface area contributed by atoms with Gasteiger partial charge in [-0.15, -0.1) is 0 Å². The van der Waals surface area contributed by atoms with Crippen LogP contribution in [0.1, 0.15) is 38.8 Å². The average molecular weight is 342 g/mol. The molecular weight excluding hydrogens is 321 g/mol. The fraction of sp³-hybridized carbons (Fsp3) is 0.688. The zero-order chi connectivity index (χ0) is 17.5. The molecular formula is C16H21F3N4O. The summed E-state index contributed by atoms with van der Waals surface area (Å²) in [7, 11) is 0. The van der Waals surface area contributed by atoms with Crippen LogP contribution in [-0.2, 0) is 11.0 Å². The second-order valence-electron chi connectivity index (χ2n) is 6.89. The van der Waals surface area contributed by atoms with Gasteiger partial charge in [0.05, 0.1) is 5.41 Å². The summed E-state index contributed by atoms with van der Waals surface area (Å²) in [6, 6.07) is 0.996. The smallest absolute Gasteiger partial charge is 0.340 e. The van der Waals surface area contributed by atoms with E-state index < -0.39 is 17.3 Å². The largest absolute Gasteiger partial charge is 0.433 e. The molecule has 3 rings (SSSR count). The molecule has 0 aliphatic carbocycles. The molecule has 1 aromatic rings. The van der Waals surface area contributed by atoms with Gasteiger partial charge in [0, 0.05) is 31.9 Å². The number of rotatable bonds is 2. The van der Waals surface area contributed by atoms with Crippen LogP contribution in [0.4, 0.5) is 19.1 Å². The molecule has 2 saturated heterocycles. The molecule has 0 unspecified atom stereocenters. The number of hydrogen-bond acceptors (Lipinski definition) is 4. The molecule has 0 N–H and O–H groups in total. The number of piperidine rings is 1. The van der Waals surface area contributed by atoms with Crippen molar-refractivity contribution in [3.8, 4) is 0 Å². The maximum atomic E-state index is 12.9. The third-order valence-corrected chi connectivity index (χ3v) is 4.96. The van der Waals surface area contributed by atoms with Crippen LogP contribution in [-0.4, -0.2) is 46.5 Å². The van der Waals surface area contributed by atoms with Crippen molar-refractivity contribution >= 4 is 11.9 Å². The molecule has 24 heavy (non-hydrogen) atoms. The summed E-state index contributed by atoms with van der Waals surface area (Å²) < 4.78 is 38.5. The van der Waals surface area contributed by atoms with Gasteiger partial charge in [-0.05, 0) is 39.2 Å². The second kappa shape index (κ2) is 5.89. The van der Waals surface area contributed by atoms with Crippen LogP contribution in [0.5, 0.6) is 0 Å². The standard InChI is InChI=1S/C16H21F3N4O/c1-11(2)23-8-3-5-15(13(23)24)6-9-22(10-15)14-20-7-4-12(21-14)16(17,18)19/h4,7,11H,3,5-6,8-10H2,1-2H3/t15-/m0/s1. The Balaban J connectivity index is 1.81. The van der Waals surface area contributed by atoms with Gasteiger partial charge < -0.3 is 9.80 Å². The molecule has 132 valence electrons. The third kappa shape index (κ3) is 2.93. The van der Waals surface area contributed by atoms with Crippen molar-refractivity contribution in [1.29, 1.82) is 0 Å². The Morgan fingerprint density at radius 1 is 1.25 bits per heavy atom. The van der Waals surface area contributed by atoms with Crippen LogP contribution >= 0.6 is 0 Å². The van der Waals surface area contributed by atoms with Crippen molar-refractivity contribution in [3.05, 3.63) is 18.0 Å². The molecule has 0 saturated carbocycles. The van der Waals surface area contributed by atoms with E-state index in [4.69, 9.17) is 0 Å². The first-order valence-electron chi connectivity index (χ1n) is 8.19. The number of alkyl halides is 3. The lowest BCUT2D eigenvalue weighted by atomic mass is 9.78. The van der Waals surface area contributed by atoms with Crippen molar-refractivity contribution in [3.63, 3.8) is 0 Å². The molecule has 5 nitrogen and oxygen atoms in total. The first-order valence-corrected chi connectivity index (χ1v) is 8.19. The van der Waals surface area contributed by atoms with Gasteiger partial charge in [0.1, 0.15) is 5.69 Å². The summed E-state index contributed by atoms with van der Waals surface area (Å²) in [4.78, 5) is 24.1. The number of nitrogens with zero attached hydrogens (tertiary/aromatic N) is 4. The van der Waals surface area contributed by atoms with Gasteiger partial charge in [-0.3, -0.25) is 4.79 Å². The number of likely N-dealkylation sites (tertiary alicyclic amines) is 1. The van der Waals surface area contributed by atoms with Crippen molar-refractivity contribution in [2.75, 3.05) is 24.5 Å². The molecule has 2 aliphatic heterocycles. The van der Waals surface area contributed by atoms with Crippen molar-refractivity contribution in [1.82, 2.24) is 14.9 Å². The maximum Gasteiger partial charge on any atom is 0.433 e. The van der Waals surface area contributed by atoms with E-state index in [1.165, 1.54) is 0 Å². The van der Waals surface area contributed by atoms with E-state index in [9.17, 15) is 18.0 Å². The van der Waals surface area contributed by atoms with Crippen LogP contribution in [0.25, 0.3) is 0 Å². The first-order chi connectivity index (χ1) is 11.2. The Kier molecular flexibility index (Phi) is 4.17. The summed E-state index contributed by atoms with van der Waals surface area (Å²) in [5, 5.41) is 0. The van der Waals surface area contributed by atoms with E-state index in [0.29, 0.717) is 19.5 Å². The zero-order valence-electron chi connectivity index (χ0n) is 13.8.